The lowest BCUT2D eigenvalue weighted by molar-refractivity contribution is -0.119. The second-order valence-corrected chi connectivity index (χ2v) is 6.49. The Labute approximate surface area is 147 Å². The maximum Gasteiger partial charge on any atom is 0.280 e. The molecule has 2 N–H and O–H groups in total. The topological polar surface area (TPSA) is 88.9 Å². The van der Waals surface area contributed by atoms with E-state index in [1.807, 2.05) is 0 Å². The molecule has 0 spiro atoms. The van der Waals surface area contributed by atoms with Crippen LogP contribution >= 0.6 is 11.6 Å². The van der Waals surface area contributed by atoms with Crippen LogP contribution in [0.4, 0.5) is 0 Å². The number of fused-ring (bicyclic) bond motifs is 1. The fourth-order valence-electron chi connectivity index (χ4n) is 2.52. The maximum absolute atomic E-state index is 12.8. The number of pyridine rings is 1. The van der Waals surface area contributed by atoms with E-state index >= 15 is 0 Å². The highest BCUT2D eigenvalue weighted by Crippen LogP contribution is 2.15. The quantitative estimate of drug-likeness (QED) is 0.750. The summed E-state index contributed by atoms with van der Waals surface area (Å²) in [6.45, 7) is 5.06. The highest BCUT2D eigenvalue weighted by molar-refractivity contribution is 6.30. The van der Waals surface area contributed by atoms with Crippen LogP contribution in [0.5, 0.6) is 0 Å². The second kappa shape index (κ2) is 6.25. The van der Waals surface area contributed by atoms with Gasteiger partial charge in [0.05, 0.1) is 22.3 Å². The average Bonchev–Trinajstić information content (AvgIpc) is 2.88. The molecular formula is C17H17ClN4O3. The summed E-state index contributed by atoms with van der Waals surface area (Å²) in [4.78, 5) is 37.0. The van der Waals surface area contributed by atoms with E-state index in [2.05, 4.69) is 10.5 Å². The lowest BCUT2D eigenvalue weighted by Gasteiger charge is -2.13. The predicted molar refractivity (Wildman–Crippen MR) is 97.1 cm³/mol. The summed E-state index contributed by atoms with van der Waals surface area (Å²) in [5, 5.41) is 3.81. The highest BCUT2D eigenvalue weighted by atomic mass is 35.5. The van der Waals surface area contributed by atoms with Gasteiger partial charge < -0.3 is 0 Å². The average molecular weight is 361 g/mol. The molecule has 3 aromatic rings. The van der Waals surface area contributed by atoms with Crippen LogP contribution in [0.2, 0.25) is 5.02 Å². The zero-order chi connectivity index (χ0) is 18.3. The summed E-state index contributed by atoms with van der Waals surface area (Å²) in [5.41, 5.74) is 3.15. The van der Waals surface area contributed by atoms with Crippen molar-refractivity contribution >= 4 is 28.4 Å². The molecule has 0 aliphatic heterocycles. The largest absolute Gasteiger partial charge is 0.290 e. The molecule has 1 amide bonds. The predicted octanol–water partition coefficient (Wildman–Crippen LogP) is 2.17. The molecule has 8 heteroatoms. The molecule has 0 unspecified atom stereocenters. The Balaban J connectivity index is 2.20. The van der Waals surface area contributed by atoms with Crippen LogP contribution in [-0.4, -0.2) is 20.4 Å². The number of aromatic nitrogens is 3. The Morgan fingerprint density at radius 3 is 2.44 bits per heavy atom. The molecule has 0 bridgehead atoms. The zero-order valence-electron chi connectivity index (χ0n) is 14.0. The van der Waals surface area contributed by atoms with Gasteiger partial charge in [0, 0.05) is 17.0 Å². The summed E-state index contributed by atoms with van der Waals surface area (Å²) in [6, 6.07) is 8.02. The number of halogens is 1. The van der Waals surface area contributed by atoms with Crippen LogP contribution in [0.3, 0.4) is 0 Å². The highest BCUT2D eigenvalue weighted by Gasteiger charge is 2.17. The van der Waals surface area contributed by atoms with Crippen molar-refractivity contribution in [1.82, 2.24) is 14.5 Å². The van der Waals surface area contributed by atoms with E-state index < -0.39 is 5.56 Å². The smallest absolute Gasteiger partial charge is 0.280 e. The molecule has 0 fully saturated rings. The number of nitrogens with one attached hydrogen (secondary N) is 2. The second-order valence-electron chi connectivity index (χ2n) is 6.05. The van der Waals surface area contributed by atoms with Gasteiger partial charge in [-0.3, -0.25) is 24.9 Å². The van der Waals surface area contributed by atoms with E-state index in [1.54, 1.807) is 45.0 Å². The third kappa shape index (κ3) is 2.98. The molecule has 0 saturated carbocycles. The molecule has 0 aliphatic rings. The van der Waals surface area contributed by atoms with Gasteiger partial charge in [0.1, 0.15) is 0 Å². The van der Waals surface area contributed by atoms with Gasteiger partial charge in [-0.1, -0.05) is 25.4 Å². The number of benzene rings is 1. The molecule has 3 rings (SSSR count). The van der Waals surface area contributed by atoms with Crippen molar-refractivity contribution in [2.75, 3.05) is 5.43 Å². The normalized spacial score (nSPS) is 11.2. The molecule has 0 aliphatic carbocycles. The Hall–Kier alpha value is -2.80. The molecule has 2 heterocycles. The Morgan fingerprint density at radius 1 is 1.20 bits per heavy atom. The SMILES string of the molecule is Cc1c2c(=O)n(-c3ccc(Cl)cc3)[nH]c2cc(=O)n1NC(=O)C(C)C. The third-order valence-corrected chi connectivity index (χ3v) is 4.19. The molecule has 0 saturated heterocycles. The first-order valence-electron chi connectivity index (χ1n) is 7.74. The number of carbonyl (C=O) groups is 1. The van der Waals surface area contributed by atoms with Crippen molar-refractivity contribution in [2.45, 2.75) is 20.8 Å². The Morgan fingerprint density at radius 2 is 1.84 bits per heavy atom. The lowest BCUT2D eigenvalue weighted by atomic mass is 10.2. The molecule has 2 aromatic heterocycles. The van der Waals surface area contributed by atoms with Crippen molar-refractivity contribution in [3.05, 3.63) is 61.8 Å². The molecular weight excluding hydrogens is 344 g/mol. The van der Waals surface area contributed by atoms with Gasteiger partial charge in [-0.05, 0) is 31.2 Å². The number of nitrogens with zero attached hydrogens (tertiary/aromatic N) is 2. The number of hydrogen-bond donors (Lipinski definition) is 2. The Bertz CT molecular complexity index is 1070. The van der Waals surface area contributed by atoms with Gasteiger partial charge in [0.15, 0.2) is 0 Å². The van der Waals surface area contributed by atoms with E-state index in [1.165, 1.54) is 10.7 Å². The molecule has 1 aromatic carbocycles. The standard InChI is InChI=1S/C17H17ClN4O3/c1-9(2)16(24)20-21-10(3)15-13(8-14(21)23)19-22(17(15)25)12-6-4-11(18)5-7-12/h4-9,19H,1-3H3,(H,20,24). The van der Waals surface area contributed by atoms with E-state index in [0.717, 1.165) is 4.68 Å². The number of aromatic amines is 1. The van der Waals surface area contributed by atoms with E-state index in [4.69, 9.17) is 11.6 Å². The van der Waals surface area contributed by atoms with Gasteiger partial charge in [0.25, 0.3) is 11.1 Å². The van der Waals surface area contributed by atoms with Gasteiger partial charge in [-0.2, -0.15) is 0 Å². The minimum Gasteiger partial charge on any atom is -0.290 e. The van der Waals surface area contributed by atoms with Crippen molar-refractivity contribution in [3.8, 4) is 5.69 Å². The van der Waals surface area contributed by atoms with E-state index in [9.17, 15) is 14.4 Å². The number of rotatable bonds is 3. The lowest BCUT2D eigenvalue weighted by Crippen LogP contribution is -2.36. The summed E-state index contributed by atoms with van der Waals surface area (Å²) in [5.74, 6) is -0.600. The van der Waals surface area contributed by atoms with Gasteiger partial charge in [-0.15, -0.1) is 0 Å². The Kier molecular flexibility index (Phi) is 4.26. The monoisotopic (exact) mass is 360 g/mol. The van der Waals surface area contributed by atoms with Crippen LogP contribution in [0.1, 0.15) is 19.5 Å². The number of carbonyl (C=O) groups excluding carboxylic acids is 1. The first-order chi connectivity index (χ1) is 11.8. The first-order valence-corrected chi connectivity index (χ1v) is 8.11. The summed E-state index contributed by atoms with van der Waals surface area (Å²) in [7, 11) is 0. The van der Waals surface area contributed by atoms with Crippen LogP contribution < -0.4 is 16.5 Å². The van der Waals surface area contributed by atoms with Crippen molar-refractivity contribution < 1.29 is 4.79 Å². The number of aryl methyl sites for hydroxylation is 1. The minimum absolute atomic E-state index is 0.293. The first kappa shape index (κ1) is 17.0. The number of hydrogen-bond acceptors (Lipinski definition) is 3. The van der Waals surface area contributed by atoms with Gasteiger partial charge in [-0.25, -0.2) is 9.36 Å². The molecule has 25 heavy (non-hydrogen) atoms. The fraction of sp³-hybridized carbons (Fsp3) is 0.235. The van der Waals surface area contributed by atoms with Crippen molar-refractivity contribution in [3.63, 3.8) is 0 Å². The zero-order valence-corrected chi connectivity index (χ0v) is 14.7. The van der Waals surface area contributed by atoms with Crippen molar-refractivity contribution in [2.24, 2.45) is 5.92 Å². The molecule has 7 nitrogen and oxygen atoms in total. The summed E-state index contributed by atoms with van der Waals surface area (Å²) in [6.07, 6.45) is 0. The van der Waals surface area contributed by atoms with Crippen molar-refractivity contribution in [1.29, 1.82) is 0 Å². The maximum atomic E-state index is 12.8. The number of H-pyrrole nitrogens is 1. The molecule has 0 atom stereocenters. The summed E-state index contributed by atoms with van der Waals surface area (Å²) < 4.78 is 2.44. The third-order valence-electron chi connectivity index (χ3n) is 3.94. The van der Waals surface area contributed by atoms with E-state index in [-0.39, 0.29) is 17.4 Å². The van der Waals surface area contributed by atoms with Crippen LogP contribution in [0, 0.1) is 12.8 Å². The molecule has 0 radical (unpaired) electrons. The van der Waals surface area contributed by atoms with Gasteiger partial charge >= 0.3 is 0 Å². The summed E-state index contributed by atoms with van der Waals surface area (Å²) >= 11 is 5.88. The minimum atomic E-state index is -0.427. The fourth-order valence-corrected chi connectivity index (χ4v) is 2.65. The van der Waals surface area contributed by atoms with Crippen LogP contribution in [0.25, 0.3) is 16.6 Å². The van der Waals surface area contributed by atoms with Crippen LogP contribution in [-0.2, 0) is 4.79 Å². The van der Waals surface area contributed by atoms with E-state index in [0.29, 0.717) is 27.3 Å². The van der Waals surface area contributed by atoms with Crippen LogP contribution in [0.15, 0.2) is 39.9 Å². The van der Waals surface area contributed by atoms with Gasteiger partial charge in [0.2, 0.25) is 5.91 Å². The molecule has 130 valence electrons. The number of amides is 1.